The first kappa shape index (κ1) is 7.33. The molecule has 0 aliphatic carbocycles. The highest BCUT2D eigenvalue weighted by atomic mass is 31.2. The van der Waals surface area contributed by atoms with E-state index < -0.39 is 7.11 Å². The van der Waals surface area contributed by atoms with E-state index in [0.29, 0.717) is 13.0 Å². The Hall–Kier alpha value is 0.220. The molecule has 1 aliphatic rings. The first-order valence-corrected chi connectivity index (χ1v) is 5.59. The maximum atomic E-state index is 5.45. The Labute approximate surface area is 56.2 Å². The molecule has 1 aliphatic heterocycles. The van der Waals surface area contributed by atoms with E-state index >= 15 is 0 Å². The smallest absolute Gasteiger partial charge is 0.0884 e. The van der Waals surface area contributed by atoms with Gasteiger partial charge in [0.05, 0.1) is 19.1 Å². The van der Waals surface area contributed by atoms with Crippen LogP contribution in [0, 0.1) is 0 Å². The molecule has 54 valence electrons. The van der Waals surface area contributed by atoms with Gasteiger partial charge in [0.25, 0.3) is 0 Å². The second-order valence-electron chi connectivity index (χ2n) is 2.70. The molecular formula is C6H13O2P. The van der Waals surface area contributed by atoms with Crippen LogP contribution in [0.15, 0.2) is 0 Å². The fourth-order valence-corrected chi connectivity index (χ4v) is 1.87. The van der Waals surface area contributed by atoms with Crippen LogP contribution >= 0.6 is 7.11 Å². The summed E-state index contributed by atoms with van der Waals surface area (Å²) < 4.78 is 10.8. The van der Waals surface area contributed by atoms with Gasteiger partial charge in [0.1, 0.15) is 0 Å². The van der Waals surface area contributed by atoms with Crippen molar-refractivity contribution in [1.29, 1.82) is 0 Å². The fourth-order valence-electron chi connectivity index (χ4n) is 0.655. The molecule has 1 fully saturated rings. The fraction of sp³-hybridized carbons (Fsp3) is 0.833. The normalized spacial score (nSPS) is 44.9. The summed E-state index contributed by atoms with van der Waals surface area (Å²) in [6.07, 6.45) is 4.91. The second-order valence-corrected chi connectivity index (χ2v) is 5.81. The van der Waals surface area contributed by atoms with E-state index in [9.17, 15) is 0 Å². The number of hydrogen-bond donors (Lipinski definition) is 0. The highest BCUT2D eigenvalue weighted by Crippen LogP contribution is 2.44. The van der Waals surface area contributed by atoms with Crippen LogP contribution < -0.4 is 0 Å². The van der Waals surface area contributed by atoms with Crippen LogP contribution in [0.5, 0.6) is 0 Å². The van der Waals surface area contributed by atoms with Gasteiger partial charge >= 0.3 is 0 Å². The Kier molecular flexibility index (Phi) is 2.00. The molecule has 1 rings (SSSR count). The molecule has 1 heterocycles. The van der Waals surface area contributed by atoms with Crippen molar-refractivity contribution in [1.82, 2.24) is 0 Å². The maximum Gasteiger partial charge on any atom is 0.0884 e. The van der Waals surface area contributed by atoms with Crippen molar-refractivity contribution in [3.8, 4) is 0 Å². The number of rotatable bonds is 0. The van der Waals surface area contributed by atoms with E-state index in [0.717, 1.165) is 0 Å². The zero-order valence-electron chi connectivity index (χ0n) is 5.96. The van der Waals surface area contributed by atoms with E-state index in [1.54, 1.807) is 0 Å². The van der Waals surface area contributed by atoms with Crippen molar-refractivity contribution in [3.63, 3.8) is 0 Å². The first-order valence-electron chi connectivity index (χ1n) is 3.06. The molecule has 1 unspecified atom stereocenters. The molecule has 0 bridgehead atoms. The second kappa shape index (κ2) is 2.45. The standard InChI is InChI=1S/C6H13O2P/c1-6-4-8-9(2,3)5-7-6/h6H,2,4-5H2,1,3H3/t6-,9?/m0/s1. The van der Waals surface area contributed by atoms with Gasteiger partial charge < -0.3 is 9.26 Å². The van der Waals surface area contributed by atoms with Crippen molar-refractivity contribution in [2.24, 2.45) is 0 Å². The van der Waals surface area contributed by atoms with Crippen LogP contribution in [0.4, 0.5) is 0 Å². The van der Waals surface area contributed by atoms with Gasteiger partial charge in [-0.2, -0.15) is 0 Å². The molecule has 3 heteroatoms. The summed E-state index contributed by atoms with van der Waals surface area (Å²) in [5.74, 6) is 0. The Bertz CT molecular complexity index is 132. The molecule has 0 aromatic rings. The Balaban J connectivity index is 2.44. The van der Waals surface area contributed by atoms with Gasteiger partial charge in [-0.25, -0.2) is 0 Å². The topological polar surface area (TPSA) is 18.5 Å². The minimum absolute atomic E-state index is 0.264. The third kappa shape index (κ3) is 2.13. The van der Waals surface area contributed by atoms with Gasteiger partial charge in [0.15, 0.2) is 0 Å². The highest BCUT2D eigenvalue weighted by Gasteiger charge is 2.17. The molecule has 0 radical (unpaired) electrons. The molecule has 9 heavy (non-hydrogen) atoms. The lowest BCUT2D eigenvalue weighted by molar-refractivity contribution is 0.0345. The van der Waals surface area contributed by atoms with Crippen LogP contribution in [0.1, 0.15) is 6.92 Å². The minimum Gasteiger partial charge on any atom is -0.369 e. The largest absolute Gasteiger partial charge is 0.369 e. The third-order valence-electron chi connectivity index (χ3n) is 1.25. The number of ether oxygens (including phenoxy) is 1. The van der Waals surface area contributed by atoms with E-state index in [1.807, 2.05) is 13.6 Å². The summed E-state index contributed by atoms with van der Waals surface area (Å²) in [6.45, 7) is 4.77. The van der Waals surface area contributed by atoms with Crippen LogP contribution in [-0.4, -0.2) is 32.0 Å². The van der Waals surface area contributed by atoms with Crippen molar-refractivity contribution < 1.29 is 9.26 Å². The van der Waals surface area contributed by atoms with Gasteiger partial charge in [-0.05, 0) is 13.6 Å². The Morgan fingerprint density at radius 2 is 2.33 bits per heavy atom. The van der Waals surface area contributed by atoms with Crippen molar-refractivity contribution >= 4 is 13.4 Å². The third-order valence-corrected chi connectivity index (χ3v) is 2.72. The predicted octanol–water partition coefficient (Wildman–Crippen LogP) is 1.37. The predicted molar refractivity (Wildman–Crippen MR) is 41.3 cm³/mol. The van der Waals surface area contributed by atoms with E-state index in [-0.39, 0.29) is 6.10 Å². The summed E-state index contributed by atoms with van der Waals surface area (Å²) in [5, 5.41) is 0. The molecule has 2 atom stereocenters. The van der Waals surface area contributed by atoms with E-state index in [4.69, 9.17) is 9.26 Å². The van der Waals surface area contributed by atoms with E-state index in [2.05, 4.69) is 6.30 Å². The molecule has 1 saturated heterocycles. The lowest BCUT2D eigenvalue weighted by Gasteiger charge is -2.29. The van der Waals surface area contributed by atoms with E-state index in [1.165, 1.54) is 0 Å². The monoisotopic (exact) mass is 148 g/mol. The summed E-state index contributed by atoms with van der Waals surface area (Å²) in [4.78, 5) is 0. The van der Waals surface area contributed by atoms with Crippen LogP contribution in [0.3, 0.4) is 0 Å². The molecular weight excluding hydrogens is 135 g/mol. The van der Waals surface area contributed by atoms with Crippen molar-refractivity contribution in [3.05, 3.63) is 0 Å². The molecule has 0 N–H and O–H groups in total. The first-order chi connectivity index (χ1) is 4.10. The van der Waals surface area contributed by atoms with Crippen molar-refractivity contribution in [2.45, 2.75) is 13.0 Å². The SMILES string of the molecule is C=P1(C)CO[C@@H](C)CO1. The summed E-state index contributed by atoms with van der Waals surface area (Å²) in [6, 6.07) is 0. The molecule has 0 spiro atoms. The quantitative estimate of drug-likeness (QED) is 0.483. The van der Waals surface area contributed by atoms with Crippen molar-refractivity contribution in [2.75, 3.05) is 19.6 Å². The zero-order chi connectivity index (χ0) is 6.91. The van der Waals surface area contributed by atoms with Gasteiger partial charge in [-0.3, -0.25) is 0 Å². The van der Waals surface area contributed by atoms with Gasteiger partial charge in [0, 0.05) is 7.11 Å². The lowest BCUT2D eigenvalue weighted by atomic mass is 10.4. The summed E-state index contributed by atoms with van der Waals surface area (Å²) in [7, 11) is -1.35. The average molecular weight is 148 g/mol. The highest BCUT2D eigenvalue weighted by molar-refractivity contribution is 7.68. The lowest BCUT2D eigenvalue weighted by Crippen LogP contribution is -2.22. The molecule has 0 aromatic heterocycles. The van der Waals surface area contributed by atoms with Gasteiger partial charge in [0.2, 0.25) is 0 Å². The Morgan fingerprint density at radius 3 is 2.67 bits per heavy atom. The van der Waals surface area contributed by atoms with Gasteiger partial charge in [-0.15, -0.1) is 0 Å². The van der Waals surface area contributed by atoms with Gasteiger partial charge in [-0.1, -0.05) is 6.30 Å². The van der Waals surface area contributed by atoms with Crippen LogP contribution in [0.2, 0.25) is 0 Å². The molecule has 0 saturated carbocycles. The maximum absolute atomic E-state index is 5.45. The molecule has 0 aromatic carbocycles. The van der Waals surface area contributed by atoms with Crippen LogP contribution in [0.25, 0.3) is 0 Å². The molecule has 0 amide bonds. The minimum atomic E-state index is -1.35. The Morgan fingerprint density at radius 1 is 1.67 bits per heavy atom. The van der Waals surface area contributed by atoms with Crippen LogP contribution in [-0.2, 0) is 9.26 Å². The summed E-state index contributed by atoms with van der Waals surface area (Å²) >= 11 is 0. The average Bonchev–Trinajstić information content (AvgIpc) is 1.78. The number of hydrogen-bond acceptors (Lipinski definition) is 2. The zero-order valence-corrected chi connectivity index (χ0v) is 6.86. The molecule has 2 nitrogen and oxygen atoms in total. The summed E-state index contributed by atoms with van der Waals surface area (Å²) in [5.41, 5.74) is 0.